The van der Waals surface area contributed by atoms with Gasteiger partial charge in [0, 0.05) is 18.6 Å². The van der Waals surface area contributed by atoms with Crippen LogP contribution in [0.2, 0.25) is 0 Å². The number of hydrogen-bond donors (Lipinski definition) is 6. The van der Waals surface area contributed by atoms with Gasteiger partial charge in [0.2, 0.25) is 5.91 Å². The lowest BCUT2D eigenvalue weighted by molar-refractivity contribution is -0.173. The summed E-state index contributed by atoms with van der Waals surface area (Å²) >= 11 is 1.04. The SMILES string of the molecule is CC(=O)N[C@@H]1[C@@H](O)[C@H](O)[C@@H](CO)O[C@H]1SC[C@H](CC(=O)O)NC(=O)OCC1c2ccccc2-c2ccccc21. The van der Waals surface area contributed by atoms with Crippen LogP contribution in [0.25, 0.3) is 11.1 Å². The van der Waals surface area contributed by atoms with E-state index < -0.39 is 66.8 Å². The van der Waals surface area contributed by atoms with Gasteiger partial charge in [-0.2, -0.15) is 0 Å². The zero-order chi connectivity index (χ0) is 28.1. The number of carbonyl (C=O) groups is 3. The van der Waals surface area contributed by atoms with Crippen LogP contribution in [0.5, 0.6) is 0 Å². The molecule has 1 saturated heterocycles. The van der Waals surface area contributed by atoms with Crippen LogP contribution in [0.1, 0.15) is 30.4 Å². The van der Waals surface area contributed by atoms with E-state index in [2.05, 4.69) is 10.6 Å². The first kappa shape index (κ1) is 28.8. The zero-order valence-corrected chi connectivity index (χ0v) is 22.0. The molecule has 1 aliphatic carbocycles. The third kappa shape index (κ3) is 6.71. The Bertz CT molecular complexity index is 1150. The molecule has 39 heavy (non-hydrogen) atoms. The third-order valence-corrected chi connectivity index (χ3v) is 8.13. The predicted molar refractivity (Wildman–Crippen MR) is 142 cm³/mol. The first-order valence-corrected chi connectivity index (χ1v) is 13.6. The van der Waals surface area contributed by atoms with E-state index in [0.29, 0.717) is 0 Å². The molecule has 0 bridgehead atoms. The second-order valence-electron chi connectivity index (χ2n) is 9.53. The average molecular weight is 561 g/mol. The first-order valence-electron chi connectivity index (χ1n) is 12.5. The van der Waals surface area contributed by atoms with Crippen molar-refractivity contribution in [2.45, 2.75) is 55.1 Å². The van der Waals surface area contributed by atoms with E-state index in [0.717, 1.165) is 34.0 Å². The number of carboxylic acids is 1. The van der Waals surface area contributed by atoms with Gasteiger partial charge < -0.3 is 40.5 Å². The smallest absolute Gasteiger partial charge is 0.407 e. The van der Waals surface area contributed by atoms with Gasteiger partial charge in [-0.1, -0.05) is 48.5 Å². The Balaban J connectivity index is 1.39. The quantitative estimate of drug-likeness (QED) is 0.246. The summed E-state index contributed by atoms with van der Waals surface area (Å²) in [5.41, 5.74) is 3.32. The van der Waals surface area contributed by atoms with Gasteiger partial charge >= 0.3 is 12.1 Å². The lowest BCUT2D eigenvalue weighted by Crippen LogP contribution is -2.63. The van der Waals surface area contributed by atoms with Crippen LogP contribution in [0.3, 0.4) is 0 Å². The number of fused-ring (bicyclic) bond motifs is 3. The summed E-state index contributed by atoms with van der Waals surface area (Å²) in [5.74, 6) is -1.75. The number of thioether (sulfide) groups is 1. The van der Waals surface area contributed by atoms with Gasteiger partial charge in [-0.15, -0.1) is 11.8 Å². The summed E-state index contributed by atoms with van der Waals surface area (Å²) in [6.45, 7) is 0.731. The maximum atomic E-state index is 12.7. The van der Waals surface area contributed by atoms with Crippen molar-refractivity contribution < 1.29 is 44.3 Å². The molecule has 1 fully saturated rings. The van der Waals surface area contributed by atoms with Gasteiger partial charge in [-0.3, -0.25) is 9.59 Å². The zero-order valence-electron chi connectivity index (χ0n) is 21.2. The molecule has 210 valence electrons. The molecule has 6 N–H and O–H groups in total. The summed E-state index contributed by atoms with van der Waals surface area (Å²) in [6, 6.07) is 13.9. The molecule has 1 heterocycles. The molecule has 0 spiro atoms. The molecular weight excluding hydrogens is 528 g/mol. The lowest BCUT2D eigenvalue weighted by Gasteiger charge is -2.42. The molecular formula is C27H32N2O9S. The Kier molecular flexibility index (Phi) is 9.46. The number of benzene rings is 2. The van der Waals surface area contributed by atoms with Crippen LogP contribution < -0.4 is 10.6 Å². The first-order chi connectivity index (χ1) is 18.7. The van der Waals surface area contributed by atoms with E-state index in [-0.39, 0.29) is 18.3 Å². The number of rotatable bonds is 10. The highest BCUT2D eigenvalue weighted by atomic mass is 32.2. The molecule has 2 amide bonds. The number of alkyl carbamates (subject to hydrolysis) is 1. The van der Waals surface area contributed by atoms with Gasteiger partial charge in [-0.25, -0.2) is 4.79 Å². The molecule has 1 aliphatic heterocycles. The molecule has 0 radical (unpaired) electrons. The Morgan fingerprint density at radius 3 is 2.21 bits per heavy atom. The normalized spacial score (nSPS) is 24.8. The minimum absolute atomic E-state index is 0.0260. The standard InChI is InChI=1S/C27H32N2O9S/c1-14(31)28-23-25(35)24(34)21(11-30)38-26(23)39-13-15(10-22(32)33)29-27(36)37-12-20-18-8-4-2-6-16(18)17-7-3-5-9-19(17)20/h2-9,15,20-21,23-26,30,34-35H,10-13H2,1H3,(H,28,31)(H,29,36)(H,32,33)/t15-,21+,23+,24+,25+,26-/m0/s1. The van der Waals surface area contributed by atoms with Gasteiger partial charge in [-0.05, 0) is 22.3 Å². The molecule has 4 rings (SSSR count). The highest BCUT2D eigenvalue weighted by molar-refractivity contribution is 7.99. The fourth-order valence-electron chi connectivity index (χ4n) is 4.99. The van der Waals surface area contributed by atoms with E-state index in [1.807, 2.05) is 48.5 Å². The fraction of sp³-hybridized carbons (Fsp3) is 0.444. The summed E-state index contributed by atoms with van der Waals surface area (Å²) in [4.78, 5) is 35.9. The Labute approximate surface area is 229 Å². The van der Waals surface area contributed by atoms with Crippen molar-refractivity contribution in [2.75, 3.05) is 19.0 Å². The molecule has 2 aliphatic rings. The number of carboxylic acid groups (broad SMARTS) is 1. The molecule has 2 aromatic rings. The van der Waals surface area contributed by atoms with Gasteiger partial charge in [0.25, 0.3) is 0 Å². The van der Waals surface area contributed by atoms with Crippen molar-refractivity contribution in [1.29, 1.82) is 0 Å². The van der Waals surface area contributed by atoms with Crippen LogP contribution in [0.15, 0.2) is 48.5 Å². The van der Waals surface area contributed by atoms with Crippen LogP contribution in [-0.2, 0) is 19.1 Å². The minimum Gasteiger partial charge on any atom is -0.481 e. The number of aliphatic carboxylic acids is 1. The second kappa shape index (κ2) is 12.8. The molecule has 2 aromatic carbocycles. The molecule has 0 unspecified atom stereocenters. The molecule has 11 nitrogen and oxygen atoms in total. The number of aliphatic hydroxyl groups excluding tert-OH is 3. The van der Waals surface area contributed by atoms with Crippen molar-refractivity contribution in [1.82, 2.24) is 10.6 Å². The number of nitrogens with one attached hydrogen (secondary N) is 2. The summed E-state index contributed by atoms with van der Waals surface area (Å²) < 4.78 is 11.2. The number of carbonyl (C=O) groups excluding carboxylic acids is 2. The third-order valence-electron chi connectivity index (χ3n) is 6.80. The van der Waals surface area contributed by atoms with Crippen LogP contribution in [0, 0.1) is 0 Å². The number of aliphatic hydroxyl groups is 3. The maximum absolute atomic E-state index is 12.7. The topological polar surface area (TPSA) is 175 Å². The van der Waals surface area contributed by atoms with Crippen molar-refractivity contribution in [3.63, 3.8) is 0 Å². The molecule has 6 atom stereocenters. The van der Waals surface area contributed by atoms with Crippen LogP contribution >= 0.6 is 11.8 Å². The van der Waals surface area contributed by atoms with Crippen molar-refractivity contribution >= 4 is 29.7 Å². The summed E-state index contributed by atoms with van der Waals surface area (Å²) in [6.07, 6.45) is -5.16. The van der Waals surface area contributed by atoms with E-state index in [1.54, 1.807) is 0 Å². The van der Waals surface area contributed by atoms with Crippen molar-refractivity contribution in [3.05, 3.63) is 59.7 Å². The van der Waals surface area contributed by atoms with Gasteiger partial charge in [0.15, 0.2) is 0 Å². The van der Waals surface area contributed by atoms with E-state index in [1.165, 1.54) is 6.92 Å². The maximum Gasteiger partial charge on any atom is 0.407 e. The van der Waals surface area contributed by atoms with Gasteiger partial charge in [0.05, 0.1) is 25.1 Å². The largest absolute Gasteiger partial charge is 0.481 e. The highest BCUT2D eigenvalue weighted by Crippen LogP contribution is 2.44. The van der Waals surface area contributed by atoms with E-state index >= 15 is 0 Å². The van der Waals surface area contributed by atoms with Crippen molar-refractivity contribution in [2.24, 2.45) is 0 Å². The highest BCUT2D eigenvalue weighted by Gasteiger charge is 2.45. The van der Waals surface area contributed by atoms with Gasteiger partial charge in [0.1, 0.15) is 30.4 Å². The summed E-state index contributed by atoms with van der Waals surface area (Å²) in [7, 11) is 0. The van der Waals surface area contributed by atoms with Crippen LogP contribution in [-0.4, -0.2) is 93.2 Å². The monoisotopic (exact) mass is 560 g/mol. The molecule has 12 heteroatoms. The Morgan fingerprint density at radius 2 is 1.64 bits per heavy atom. The lowest BCUT2D eigenvalue weighted by atomic mass is 9.98. The van der Waals surface area contributed by atoms with Crippen molar-refractivity contribution in [3.8, 4) is 11.1 Å². The minimum atomic E-state index is -1.43. The number of hydrogen-bond acceptors (Lipinski definition) is 9. The average Bonchev–Trinajstić information content (AvgIpc) is 3.22. The number of ether oxygens (including phenoxy) is 2. The summed E-state index contributed by atoms with van der Waals surface area (Å²) in [5, 5.41) is 44.7. The van der Waals surface area contributed by atoms with E-state index in [9.17, 15) is 34.8 Å². The predicted octanol–water partition coefficient (Wildman–Crippen LogP) is 1.05. The van der Waals surface area contributed by atoms with E-state index in [4.69, 9.17) is 9.47 Å². The second-order valence-corrected chi connectivity index (χ2v) is 10.7. The number of amides is 2. The molecule has 0 saturated carbocycles. The van der Waals surface area contributed by atoms with Crippen LogP contribution in [0.4, 0.5) is 4.79 Å². The Morgan fingerprint density at radius 1 is 1.03 bits per heavy atom. The Hall–Kier alpha value is -3.16. The fourth-order valence-corrected chi connectivity index (χ4v) is 6.27. The molecule has 0 aromatic heterocycles.